The highest BCUT2D eigenvalue weighted by Crippen LogP contribution is 2.26. The van der Waals surface area contributed by atoms with E-state index in [2.05, 4.69) is 15.3 Å². The van der Waals surface area contributed by atoms with E-state index in [9.17, 15) is 4.79 Å². The smallest absolute Gasteiger partial charge is 0.322 e. The van der Waals surface area contributed by atoms with E-state index in [1.165, 1.54) is 12.4 Å². The number of nitrogens with one attached hydrogen (secondary N) is 1. The van der Waals surface area contributed by atoms with Gasteiger partial charge in [-0.15, -0.1) is 0 Å². The summed E-state index contributed by atoms with van der Waals surface area (Å²) in [7, 11) is 0. The first-order valence-electron chi connectivity index (χ1n) is 7.29. The van der Waals surface area contributed by atoms with Gasteiger partial charge in [-0.25, -0.2) is 9.97 Å². The SMILES string of the molecule is CCOc1cc(Oc2ncc(NC(=O)C(C)N)cn2)ccc1C. The topological polar surface area (TPSA) is 99.4 Å². The Bertz CT molecular complexity index is 672. The maximum Gasteiger partial charge on any atom is 0.322 e. The molecule has 1 atom stereocenters. The molecule has 1 amide bonds. The van der Waals surface area contributed by atoms with Crippen LogP contribution in [0.1, 0.15) is 19.4 Å². The summed E-state index contributed by atoms with van der Waals surface area (Å²) in [4.78, 5) is 19.6. The number of ether oxygens (including phenoxy) is 2. The van der Waals surface area contributed by atoms with Gasteiger partial charge in [-0.2, -0.15) is 0 Å². The molecule has 7 heteroatoms. The summed E-state index contributed by atoms with van der Waals surface area (Å²) in [5, 5.41) is 2.60. The van der Waals surface area contributed by atoms with Gasteiger partial charge in [-0.05, 0) is 32.4 Å². The Balaban J connectivity index is 2.06. The van der Waals surface area contributed by atoms with E-state index >= 15 is 0 Å². The van der Waals surface area contributed by atoms with E-state index in [-0.39, 0.29) is 11.9 Å². The largest absolute Gasteiger partial charge is 0.493 e. The molecule has 0 saturated heterocycles. The minimum Gasteiger partial charge on any atom is -0.493 e. The molecule has 0 saturated carbocycles. The molecule has 2 aromatic rings. The van der Waals surface area contributed by atoms with Crippen molar-refractivity contribution in [3.63, 3.8) is 0 Å². The molecule has 1 aromatic heterocycles. The van der Waals surface area contributed by atoms with Gasteiger partial charge in [-0.1, -0.05) is 6.07 Å². The second kappa shape index (κ2) is 7.55. The number of carbonyl (C=O) groups excluding carboxylic acids is 1. The number of amides is 1. The van der Waals surface area contributed by atoms with Gasteiger partial charge in [0.05, 0.1) is 30.7 Å². The van der Waals surface area contributed by atoms with Crippen molar-refractivity contribution in [2.24, 2.45) is 5.73 Å². The van der Waals surface area contributed by atoms with Gasteiger partial charge >= 0.3 is 6.01 Å². The lowest BCUT2D eigenvalue weighted by Gasteiger charge is -2.10. The van der Waals surface area contributed by atoms with Crippen molar-refractivity contribution in [1.29, 1.82) is 0 Å². The number of aromatic nitrogens is 2. The summed E-state index contributed by atoms with van der Waals surface area (Å²) >= 11 is 0. The fourth-order valence-electron chi connectivity index (χ4n) is 1.75. The normalized spacial score (nSPS) is 11.7. The molecule has 0 radical (unpaired) electrons. The van der Waals surface area contributed by atoms with Gasteiger partial charge < -0.3 is 20.5 Å². The highest BCUT2D eigenvalue weighted by Gasteiger charge is 2.09. The minimum absolute atomic E-state index is 0.176. The molecule has 7 nitrogen and oxygen atoms in total. The van der Waals surface area contributed by atoms with E-state index < -0.39 is 6.04 Å². The molecule has 0 aliphatic rings. The van der Waals surface area contributed by atoms with Crippen molar-refractivity contribution in [3.05, 3.63) is 36.2 Å². The molecule has 1 unspecified atom stereocenters. The zero-order chi connectivity index (χ0) is 16.8. The van der Waals surface area contributed by atoms with Gasteiger partial charge in [0.15, 0.2) is 0 Å². The van der Waals surface area contributed by atoms with Crippen molar-refractivity contribution in [2.45, 2.75) is 26.8 Å². The van der Waals surface area contributed by atoms with E-state index in [1.54, 1.807) is 13.0 Å². The number of hydrogen-bond donors (Lipinski definition) is 2. The Hall–Kier alpha value is -2.67. The minimum atomic E-state index is -0.601. The fourth-order valence-corrected chi connectivity index (χ4v) is 1.75. The number of rotatable bonds is 6. The monoisotopic (exact) mass is 316 g/mol. The van der Waals surface area contributed by atoms with E-state index in [1.807, 2.05) is 26.0 Å². The second-order valence-corrected chi connectivity index (χ2v) is 4.99. The van der Waals surface area contributed by atoms with Crippen LogP contribution in [0, 0.1) is 6.92 Å². The third-order valence-electron chi connectivity index (χ3n) is 2.98. The average Bonchev–Trinajstić information content (AvgIpc) is 2.52. The zero-order valence-electron chi connectivity index (χ0n) is 13.4. The quantitative estimate of drug-likeness (QED) is 0.848. The fraction of sp³-hybridized carbons (Fsp3) is 0.312. The predicted octanol–water partition coefficient (Wildman–Crippen LogP) is 2.26. The molecule has 0 aliphatic heterocycles. The molecule has 0 aliphatic carbocycles. The highest BCUT2D eigenvalue weighted by atomic mass is 16.5. The Morgan fingerprint density at radius 3 is 2.65 bits per heavy atom. The molecule has 0 bridgehead atoms. The number of aryl methyl sites for hydroxylation is 1. The number of anilines is 1. The van der Waals surface area contributed by atoms with Crippen LogP contribution in [-0.2, 0) is 4.79 Å². The van der Waals surface area contributed by atoms with Gasteiger partial charge in [0.25, 0.3) is 0 Å². The van der Waals surface area contributed by atoms with E-state index in [0.717, 1.165) is 11.3 Å². The molecule has 0 fully saturated rings. The molecule has 0 spiro atoms. The van der Waals surface area contributed by atoms with E-state index in [4.69, 9.17) is 15.2 Å². The van der Waals surface area contributed by atoms with E-state index in [0.29, 0.717) is 18.0 Å². The molecule has 23 heavy (non-hydrogen) atoms. The summed E-state index contributed by atoms with van der Waals surface area (Å²) in [5.74, 6) is 1.03. The zero-order valence-corrected chi connectivity index (χ0v) is 13.4. The summed E-state index contributed by atoms with van der Waals surface area (Å²) in [6, 6.07) is 5.07. The third-order valence-corrected chi connectivity index (χ3v) is 2.98. The van der Waals surface area contributed by atoms with Gasteiger partial charge in [0.1, 0.15) is 11.5 Å². The van der Waals surface area contributed by atoms with Gasteiger partial charge in [0, 0.05) is 6.07 Å². The van der Waals surface area contributed by atoms with Crippen LogP contribution in [-0.4, -0.2) is 28.5 Å². The van der Waals surface area contributed by atoms with Gasteiger partial charge in [0.2, 0.25) is 5.91 Å². The van der Waals surface area contributed by atoms with Crippen LogP contribution in [0.25, 0.3) is 0 Å². The third kappa shape index (κ3) is 4.65. The molecular weight excluding hydrogens is 296 g/mol. The Labute approximate surface area is 134 Å². The Morgan fingerprint density at radius 2 is 2.04 bits per heavy atom. The maximum absolute atomic E-state index is 11.5. The van der Waals surface area contributed by atoms with Crippen LogP contribution in [0.4, 0.5) is 5.69 Å². The first-order chi connectivity index (χ1) is 11.0. The summed E-state index contributed by atoms with van der Waals surface area (Å²) < 4.78 is 11.1. The average molecular weight is 316 g/mol. The van der Waals surface area contributed by atoms with Crippen LogP contribution < -0.4 is 20.5 Å². The van der Waals surface area contributed by atoms with Crippen LogP contribution in [0.3, 0.4) is 0 Å². The first-order valence-corrected chi connectivity index (χ1v) is 7.29. The number of nitrogens with zero attached hydrogens (tertiary/aromatic N) is 2. The molecule has 1 heterocycles. The van der Waals surface area contributed by atoms with Gasteiger partial charge in [-0.3, -0.25) is 4.79 Å². The lowest BCUT2D eigenvalue weighted by atomic mass is 10.2. The highest BCUT2D eigenvalue weighted by molar-refractivity contribution is 5.94. The molecule has 1 aromatic carbocycles. The molecule has 122 valence electrons. The second-order valence-electron chi connectivity index (χ2n) is 4.99. The maximum atomic E-state index is 11.5. The lowest BCUT2D eigenvalue weighted by molar-refractivity contribution is -0.117. The number of hydrogen-bond acceptors (Lipinski definition) is 6. The van der Waals surface area contributed by atoms with Crippen LogP contribution in [0.5, 0.6) is 17.5 Å². The number of benzene rings is 1. The predicted molar refractivity (Wildman–Crippen MR) is 86.7 cm³/mol. The molecule has 3 N–H and O–H groups in total. The van der Waals surface area contributed by atoms with Crippen molar-refractivity contribution in [1.82, 2.24) is 9.97 Å². The molecular formula is C16H20N4O3. The Morgan fingerprint density at radius 1 is 1.35 bits per heavy atom. The summed E-state index contributed by atoms with van der Waals surface area (Å²) in [6.45, 7) is 6.06. The number of nitrogens with two attached hydrogens (primary N) is 1. The summed E-state index contributed by atoms with van der Waals surface area (Å²) in [6.07, 6.45) is 2.92. The van der Waals surface area contributed by atoms with Crippen LogP contribution >= 0.6 is 0 Å². The standard InChI is InChI=1S/C16H20N4O3/c1-4-22-14-7-13(6-5-10(14)2)23-16-18-8-12(9-19-16)20-15(21)11(3)17/h5-9,11H,4,17H2,1-3H3,(H,20,21). The van der Waals surface area contributed by atoms with Crippen molar-refractivity contribution >= 4 is 11.6 Å². The first kappa shape index (κ1) is 16.7. The van der Waals surface area contributed by atoms with Crippen molar-refractivity contribution in [2.75, 3.05) is 11.9 Å². The van der Waals surface area contributed by atoms with Crippen LogP contribution in [0.2, 0.25) is 0 Å². The molecule has 2 rings (SSSR count). The van der Waals surface area contributed by atoms with Crippen molar-refractivity contribution in [3.8, 4) is 17.5 Å². The Kier molecular flexibility index (Phi) is 5.48. The van der Waals surface area contributed by atoms with Crippen LogP contribution in [0.15, 0.2) is 30.6 Å². The van der Waals surface area contributed by atoms with Crippen molar-refractivity contribution < 1.29 is 14.3 Å². The summed E-state index contributed by atoms with van der Waals surface area (Å²) in [5.41, 5.74) is 6.96. The number of carbonyl (C=O) groups is 1. The lowest BCUT2D eigenvalue weighted by Crippen LogP contribution is -2.32.